The highest BCUT2D eigenvalue weighted by molar-refractivity contribution is 9.10. The maximum absolute atomic E-state index is 12.5. The summed E-state index contributed by atoms with van der Waals surface area (Å²) < 4.78 is 2.93. The standard InChI is InChI=1S/C16H9BrN4OS/c17-12-3-1-2-10(8-12)9-13-15(22)21-16(23-13)19-14(20-21)11-4-6-18-7-5-11/h1-9H. The van der Waals surface area contributed by atoms with E-state index in [4.69, 9.17) is 0 Å². The molecular formula is C16H9BrN4OS. The van der Waals surface area contributed by atoms with Crippen LogP contribution in [0, 0.1) is 0 Å². The molecule has 0 aliphatic carbocycles. The van der Waals surface area contributed by atoms with Crippen molar-refractivity contribution in [3.63, 3.8) is 0 Å². The number of halogens is 1. The molecule has 4 rings (SSSR count). The first-order valence-electron chi connectivity index (χ1n) is 6.78. The highest BCUT2D eigenvalue weighted by Crippen LogP contribution is 2.15. The number of hydrogen-bond acceptors (Lipinski definition) is 5. The van der Waals surface area contributed by atoms with Crippen LogP contribution in [0.15, 0.2) is 58.1 Å². The molecule has 0 spiro atoms. The Kier molecular flexibility index (Phi) is 3.51. The number of rotatable bonds is 2. The van der Waals surface area contributed by atoms with Crippen LogP contribution in [0.25, 0.3) is 22.4 Å². The Hall–Kier alpha value is -2.38. The molecule has 0 radical (unpaired) electrons. The maximum Gasteiger partial charge on any atom is 0.291 e. The van der Waals surface area contributed by atoms with Crippen molar-refractivity contribution in [3.05, 3.63) is 73.7 Å². The molecule has 1 aromatic carbocycles. The normalized spacial score (nSPS) is 12.1. The average molecular weight is 385 g/mol. The minimum Gasteiger partial charge on any atom is -0.266 e. The summed E-state index contributed by atoms with van der Waals surface area (Å²) in [4.78, 5) is 21.5. The number of benzene rings is 1. The van der Waals surface area contributed by atoms with Crippen molar-refractivity contribution in [2.24, 2.45) is 0 Å². The van der Waals surface area contributed by atoms with E-state index < -0.39 is 0 Å². The lowest BCUT2D eigenvalue weighted by Crippen LogP contribution is -2.23. The van der Waals surface area contributed by atoms with Gasteiger partial charge in [-0.1, -0.05) is 39.4 Å². The van der Waals surface area contributed by atoms with Gasteiger partial charge in [0.15, 0.2) is 5.82 Å². The van der Waals surface area contributed by atoms with Crippen LogP contribution in [0.3, 0.4) is 0 Å². The first kappa shape index (κ1) is 14.2. The van der Waals surface area contributed by atoms with Crippen molar-refractivity contribution in [1.29, 1.82) is 0 Å². The number of hydrogen-bond donors (Lipinski definition) is 0. The van der Waals surface area contributed by atoms with Crippen molar-refractivity contribution in [1.82, 2.24) is 19.6 Å². The van der Waals surface area contributed by atoms with Crippen LogP contribution in [0.1, 0.15) is 5.56 Å². The van der Waals surface area contributed by atoms with Gasteiger partial charge in [-0.2, -0.15) is 9.50 Å². The molecule has 5 nitrogen and oxygen atoms in total. The Morgan fingerprint density at radius 1 is 1.17 bits per heavy atom. The van der Waals surface area contributed by atoms with E-state index >= 15 is 0 Å². The minimum absolute atomic E-state index is 0.155. The van der Waals surface area contributed by atoms with Gasteiger partial charge in [0, 0.05) is 22.4 Å². The lowest BCUT2D eigenvalue weighted by molar-refractivity contribution is 0.936. The molecule has 3 heterocycles. The molecule has 4 aromatic rings. The van der Waals surface area contributed by atoms with Crippen LogP contribution < -0.4 is 10.1 Å². The van der Waals surface area contributed by atoms with Crippen LogP contribution in [0.5, 0.6) is 0 Å². The molecule has 0 N–H and O–H groups in total. The average Bonchev–Trinajstić information content (AvgIpc) is 3.09. The Balaban J connectivity index is 1.84. The van der Waals surface area contributed by atoms with Gasteiger partial charge in [-0.05, 0) is 35.9 Å². The lowest BCUT2D eigenvalue weighted by atomic mass is 10.2. The zero-order valence-corrected chi connectivity index (χ0v) is 14.1. The summed E-state index contributed by atoms with van der Waals surface area (Å²) in [6, 6.07) is 11.4. The van der Waals surface area contributed by atoms with E-state index in [9.17, 15) is 4.79 Å². The fourth-order valence-electron chi connectivity index (χ4n) is 2.20. The van der Waals surface area contributed by atoms with E-state index in [2.05, 4.69) is 31.0 Å². The third kappa shape index (κ3) is 2.69. The second-order valence-corrected chi connectivity index (χ2v) is 6.76. The van der Waals surface area contributed by atoms with Crippen molar-refractivity contribution in [3.8, 4) is 11.4 Å². The van der Waals surface area contributed by atoms with E-state index in [1.165, 1.54) is 15.9 Å². The van der Waals surface area contributed by atoms with Gasteiger partial charge < -0.3 is 0 Å². The van der Waals surface area contributed by atoms with E-state index in [1.54, 1.807) is 12.4 Å². The van der Waals surface area contributed by atoms with Crippen molar-refractivity contribution in [2.45, 2.75) is 0 Å². The summed E-state index contributed by atoms with van der Waals surface area (Å²) in [5.41, 5.74) is 1.64. The summed E-state index contributed by atoms with van der Waals surface area (Å²) in [6.07, 6.45) is 5.20. The summed E-state index contributed by atoms with van der Waals surface area (Å²) >= 11 is 4.76. The number of fused-ring (bicyclic) bond motifs is 1. The molecule has 3 aromatic heterocycles. The molecule has 0 saturated heterocycles. The minimum atomic E-state index is -0.155. The van der Waals surface area contributed by atoms with Gasteiger partial charge in [0.2, 0.25) is 4.96 Å². The summed E-state index contributed by atoms with van der Waals surface area (Å²) in [7, 11) is 0. The Labute approximate surface area is 143 Å². The second kappa shape index (κ2) is 5.68. The van der Waals surface area contributed by atoms with E-state index in [1.807, 2.05) is 42.5 Å². The van der Waals surface area contributed by atoms with Gasteiger partial charge >= 0.3 is 0 Å². The van der Waals surface area contributed by atoms with Crippen molar-refractivity contribution >= 4 is 38.3 Å². The zero-order chi connectivity index (χ0) is 15.8. The molecule has 0 saturated carbocycles. The molecular weight excluding hydrogens is 376 g/mol. The van der Waals surface area contributed by atoms with Crippen LogP contribution >= 0.6 is 27.3 Å². The quantitative estimate of drug-likeness (QED) is 0.532. The summed E-state index contributed by atoms with van der Waals surface area (Å²) in [5.74, 6) is 0.532. The second-order valence-electron chi connectivity index (χ2n) is 4.84. The van der Waals surface area contributed by atoms with Gasteiger partial charge in [-0.15, -0.1) is 5.10 Å². The van der Waals surface area contributed by atoms with Gasteiger partial charge in [-0.3, -0.25) is 9.78 Å². The van der Waals surface area contributed by atoms with Crippen molar-refractivity contribution < 1.29 is 0 Å². The fraction of sp³-hybridized carbons (Fsp3) is 0. The monoisotopic (exact) mass is 384 g/mol. The van der Waals surface area contributed by atoms with Gasteiger partial charge in [0.05, 0.1) is 4.53 Å². The zero-order valence-electron chi connectivity index (χ0n) is 11.7. The molecule has 0 aliphatic heterocycles. The smallest absolute Gasteiger partial charge is 0.266 e. The molecule has 0 amide bonds. The molecule has 0 aliphatic rings. The van der Waals surface area contributed by atoms with E-state index in [0.717, 1.165) is 15.6 Å². The lowest BCUT2D eigenvalue weighted by Gasteiger charge is -1.92. The maximum atomic E-state index is 12.5. The van der Waals surface area contributed by atoms with E-state index in [-0.39, 0.29) is 5.56 Å². The number of pyridine rings is 1. The molecule has 0 atom stereocenters. The van der Waals surface area contributed by atoms with Crippen molar-refractivity contribution in [2.75, 3.05) is 0 Å². The van der Waals surface area contributed by atoms with Crippen LogP contribution in [0.2, 0.25) is 0 Å². The third-order valence-electron chi connectivity index (χ3n) is 3.27. The Morgan fingerprint density at radius 3 is 2.74 bits per heavy atom. The number of thiazole rings is 1. The van der Waals surface area contributed by atoms with Gasteiger partial charge in [-0.25, -0.2) is 0 Å². The SMILES string of the molecule is O=c1c(=Cc2cccc(Br)c2)sc2nc(-c3ccncc3)nn12. The van der Waals surface area contributed by atoms with Crippen LogP contribution in [-0.2, 0) is 0 Å². The Morgan fingerprint density at radius 2 is 2.00 bits per heavy atom. The van der Waals surface area contributed by atoms with Gasteiger partial charge in [0.1, 0.15) is 0 Å². The third-order valence-corrected chi connectivity index (χ3v) is 4.72. The molecule has 0 fully saturated rings. The first-order chi connectivity index (χ1) is 11.2. The van der Waals surface area contributed by atoms with E-state index in [0.29, 0.717) is 15.3 Å². The highest BCUT2D eigenvalue weighted by atomic mass is 79.9. The molecule has 0 bridgehead atoms. The molecule has 0 unspecified atom stereocenters. The van der Waals surface area contributed by atoms with Gasteiger partial charge in [0.25, 0.3) is 5.56 Å². The molecule has 112 valence electrons. The molecule has 23 heavy (non-hydrogen) atoms. The summed E-state index contributed by atoms with van der Waals surface area (Å²) in [5, 5.41) is 4.31. The van der Waals surface area contributed by atoms with Crippen LogP contribution in [0.4, 0.5) is 0 Å². The predicted molar refractivity (Wildman–Crippen MR) is 93.3 cm³/mol. The molecule has 7 heteroatoms. The Bertz CT molecular complexity index is 1100. The summed E-state index contributed by atoms with van der Waals surface area (Å²) in [6.45, 7) is 0. The predicted octanol–water partition coefficient (Wildman–Crippen LogP) is 2.52. The highest BCUT2D eigenvalue weighted by Gasteiger charge is 2.11. The fourth-order valence-corrected chi connectivity index (χ4v) is 3.53. The topological polar surface area (TPSA) is 60.2 Å². The van der Waals surface area contributed by atoms with Crippen LogP contribution in [-0.4, -0.2) is 19.6 Å². The first-order valence-corrected chi connectivity index (χ1v) is 8.39. The largest absolute Gasteiger partial charge is 0.291 e. The number of nitrogens with zero attached hydrogens (tertiary/aromatic N) is 4. The number of aromatic nitrogens is 4.